The van der Waals surface area contributed by atoms with Crippen LogP contribution in [0.25, 0.3) is 11.0 Å². The van der Waals surface area contributed by atoms with E-state index in [1.165, 1.54) is 15.3 Å². The summed E-state index contributed by atoms with van der Waals surface area (Å²) in [6, 6.07) is 6.89. The summed E-state index contributed by atoms with van der Waals surface area (Å²) in [5.41, 5.74) is 3.45. The lowest BCUT2D eigenvalue weighted by molar-refractivity contribution is -0.135. The Labute approximate surface area is 305 Å². The van der Waals surface area contributed by atoms with Crippen molar-refractivity contribution in [2.24, 2.45) is 7.05 Å². The van der Waals surface area contributed by atoms with Gasteiger partial charge in [-0.25, -0.2) is 9.59 Å². The number of imidazole rings is 1. The number of aromatic amines is 1. The van der Waals surface area contributed by atoms with E-state index < -0.39 is 18.0 Å². The molecule has 1 saturated carbocycles. The molecule has 1 aliphatic carbocycles. The lowest BCUT2D eigenvalue weighted by Gasteiger charge is -2.21. The number of alkyl carbamates (subject to hydrolysis) is 1. The molecule has 0 bridgehead atoms. The Morgan fingerprint density at radius 3 is 2.62 bits per heavy atom. The molecule has 4 aromatic rings. The number of H-pyrrole nitrogens is 1. The van der Waals surface area contributed by atoms with Crippen molar-refractivity contribution in [1.82, 2.24) is 39.7 Å². The molecule has 1 aliphatic heterocycles. The number of ether oxygens (including phenoxy) is 3. The van der Waals surface area contributed by atoms with E-state index >= 15 is 0 Å². The van der Waals surface area contributed by atoms with Crippen LogP contribution in [0.15, 0.2) is 41.5 Å². The fourth-order valence-electron chi connectivity index (χ4n) is 6.80. The lowest BCUT2D eigenvalue weighted by Crippen LogP contribution is -2.44. The molecule has 17 nitrogen and oxygen atoms in total. The summed E-state index contributed by atoms with van der Waals surface area (Å²) in [5.74, 6) is -0.515. The van der Waals surface area contributed by atoms with E-state index in [0.717, 1.165) is 42.5 Å². The first-order chi connectivity index (χ1) is 25.5. The van der Waals surface area contributed by atoms with E-state index in [4.69, 9.17) is 14.2 Å². The number of hydrogen-bond acceptors (Lipinski definition) is 10. The maximum Gasteiger partial charge on any atom is 0.407 e. The average molecular weight is 734 g/mol. The third-order valence-electron chi connectivity index (χ3n) is 9.51. The van der Waals surface area contributed by atoms with Gasteiger partial charge in [-0.2, -0.15) is 10.2 Å². The molecule has 53 heavy (non-hydrogen) atoms. The third-order valence-corrected chi connectivity index (χ3v) is 9.51. The van der Waals surface area contributed by atoms with Crippen molar-refractivity contribution < 1.29 is 33.4 Å². The van der Waals surface area contributed by atoms with Gasteiger partial charge in [0.1, 0.15) is 12.1 Å². The Morgan fingerprint density at radius 2 is 1.83 bits per heavy atom. The minimum absolute atomic E-state index is 0.0159. The van der Waals surface area contributed by atoms with Gasteiger partial charge in [0.15, 0.2) is 5.82 Å². The molecule has 1 aromatic carbocycles. The van der Waals surface area contributed by atoms with Crippen molar-refractivity contribution in [3.05, 3.63) is 64.0 Å². The number of carbonyl (C=O) groups is 4. The highest BCUT2D eigenvalue weighted by Gasteiger charge is 2.32. The fraction of sp³-hybridized carbons (Fsp3) is 0.528. The van der Waals surface area contributed by atoms with Gasteiger partial charge in [-0.3, -0.25) is 38.6 Å². The molecular formula is C36H47N9O8. The first kappa shape index (κ1) is 37.5. The van der Waals surface area contributed by atoms with Crippen molar-refractivity contribution in [1.29, 1.82) is 0 Å². The maximum atomic E-state index is 13.0. The SMILES string of the molecule is CC(C)NC(=O)O[C@@H]1CC[C@H](c2cc(NC(=O)c3cnn(CCOCCOCCCc4ccc5c(c4)n(C)c(=O)n5C4CCC(=O)NC4=O)c3)n[nH]2)C1. The summed E-state index contributed by atoms with van der Waals surface area (Å²) in [4.78, 5) is 61.7. The van der Waals surface area contributed by atoms with Crippen LogP contribution in [-0.4, -0.2) is 91.5 Å². The molecule has 4 heterocycles. The zero-order valence-corrected chi connectivity index (χ0v) is 30.3. The largest absolute Gasteiger partial charge is 0.446 e. The summed E-state index contributed by atoms with van der Waals surface area (Å²) in [7, 11) is 1.68. The van der Waals surface area contributed by atoms with E-state index in [1.54, 1.807) is 17.9 Å². The number of rotatable bonds is 16. The molecule has 3 aromatic heterocycles. The van der Waals surface area contributed by atoms with Crippen molar-refractivity contribution >= 4 is 40.7 Å². The summed E-state index contributed by atoms with van der Waals surface area (Å²) >= 11 is 0. The van der Waals surface area contributed by atoms with E-state index in [1.807, 2.05) is 38.1 Å². The predicted octanol–water partition coefficient (Wildman–Crippen LogP) is 2.93. The Bertz CT molecular complexity index is 1990. The number of benzene rings is 1. The molecule has 284 valence electrons. The summed E-state index contributed by atoms with van der Waals surface area (Å²) in [6.07, 6.45) is 6.94. The van der Waals surface area contributed by atoms with Crippen LogP contribution in [0.5, 0.6) is 0 Å². The van der Waals surface area contributed by atoms with Gasteiger partial charge in [-0.1, -0.05) is 6.07 Å². The second-order valence-corrected chi connectivity index (χ2v) is 13.8. The van der Waals surface area contributed by atoms with E-state index in [0.29, 0.717) is 62.7 Å². The molecule has 1 saturated heterocycles. The number of carbonyl (C=O) groups excluding carboxylic acids is 4. The van der Waals surface area contributed by atoms with Gasteiger partial charge in [0.2, 0.25) is 11.8 Å². The molecule has 4 amide bonds. The minimum Gasteiger partial charge on any atom is -0.446 e. The number of nitrogens with zero attached hydrogens (tertiary/aromatic N) is 5. The highest BCUT2D eigenvalue weighted by atomic mass is 16.6. The lowest BCUT2D eigenvalue weighted by atomic mass is 10.0. The monoisotopic (exact) mass is 733 g/mol. The van der Waals surface area contributed by atoms with Crippen LogP contribution >= 0.6 is 0 Å². The van der Waals surface area contributed by atoms with Crippen molar-refractivity contribution in [2.75, 3.05) is 31.7 Å². The number of anilines is 1. The summed E-state index contributed by atoms with van der Waals surface area (Å²) < 4.78 is 21.6. The predicted molar refractivity (Wildman–Crippen MR) is 192 cm³/mol. The average Bonchev–Trinajstić information content (AvgIpc) is 3.93. The maximum absolute atomic E-state index is 13.0. The molecule has 3 atom stereocenters. The normalized spacial score (nSPS) is 18.8. The van der Waals surface area contributed by atoms with Crippen molar-refractivity contribution in [2.45, 2.75) is 89.4 Å². The molecule has 1 unspecified atom stereocenters. The molecule has 17 heteroatoms. The molecule has 2 aliphatic rings. The fourth-order valence-corrected chi connectivity index (χ4v) is 6.80. The standard InChI is InChI=1S/C36H47N9O8/c1-22(2)38-35(49)53-26-8-7-24(18-26)27-19-31(42-41-27)39-33(47)25-20-37-44(21-25)12-14-52-16-15-51-13-4-5-23-6-9-28-30(17-23)43(3)36(50)45(28)29-10-11-32(46)40-34(29)48/h6,9,17,19-22,24,26,29H,4-5,7-8,10-16,18H2,1-3H3,(H,38,49)(H,40,46,48)(H2,39,41,42,47)/t24-,26+,29?/m0/s1. The number of nitrogens with one attached hydrogen (secondary N) is 4. The molecule has 4 N–H and O–H groups in total. The number of imide groups is 1. The van der Waals surface area contributed by atoms with E-state index in [2.05, 4.69) is 31.2 Å². The Balaban J connectivity index is 0.852. The zero-order chi connectivity index (χ0) is 37.5. The van der Waals surface area contributed by atoms with Crippen molar-refractivity contribution in [3.8, 4) is 0 Å². The van der Waals surface area contributed by atoms with Crippen LogP contribution in [0.3, 0.4) is 0 Å². The number of piperidine rings is 1. The number of fused-ring (bicyclic) bond motifs is 1. The number of aromatic nitrogens is 6. The molecule has 2 fully saturated rings. The van der Waals surface area contributed by atoms with Crippen LogP contribution in [-0.2, 0) is 43.8 Å². The Morgan fingerprint density at radius 1 is 1.02 bits per heavy atom. The smallest absolute Gasteiger partial charge is 0.407 e. The number of aryl methyl sites for hydroxylation is 2. The topological polar surface area (TPSA) is 205 Å². The molecule has 6 rings (SSSR count). The zero-order valence-electron chi connectivity index (χ0n) is 30.3. The Hall–Kier alpha value is -5.29. The quantitative estimate of drug-likeness (QED) is 0.0979. The van der Waals surface area contributed by atoms with E-state index in [-0.39, 0.29) is 42.0 Å². The Kier molecular flexibility index (Phi) is 12.0. The highest BCUT2D eigenvalue weighted by molar-refractivity contribution is 6.03. The highest BCUT2D eigenvalue weighted by Crippen LogP contribution is 2.36. The van der Waals surface area contributed by atoms with E-state index in [9.17, 15) is 24.0 Å². The van der Waals surface area contributed by atoms with Gasteiger partial charge in [0.25, 0.3) is 5.91 Å². The number of hydrogen-bond donors (Lipinski definition) is 4. The van der Waals surface area contributed by atoms with Gasteiger partial charge in [-0.05, 0) is 70.1 Å². The molecule has 0 radical (unpaired) electrons. The van der Waals surface area contributed by atoms with Crippen LogP contribution < -0.4 is 21.6 Å². The summed E-state index contributed by atoms with van der Waals surface area (Å²) in [6.45, 7) is 6.02. The first-order valence-electron chi connectivity index (χ1n) is 18.1. The molecule has 0 spiro atoms. The van der Waals surface area contributed by atoms with Crippen molar-refractivity contribution in [3.63, 3.8) is 0 Å². The number of amides is 4. The second-order valence-electron chi connectivity index (χ2n) is 13.8. The van der Waals surface area contributed by atoms with Crippen LogP contribution in [0, 0.1) is 0 Å². The van der Waals surface area contributed by atoms with Gasteiger partial charge in [-0.15, -0.1) is 0 Å². The first-order valence-corrected chi connectivity index (χ1v) is 18.1. The van der Waals surface area contributed by atoms with Gasteiger partial charge < -0.3 is 24.8 Å². The third kappa shape index (κ3) is 9.39. The summed E-state index contributed by atoms with van der Waals surface area (Å²) in [5, 5.41) is 19.4. The van der Waals surface area contributed by atoms with Gasteiger partial charge in [0.05, 0.1) is 49.2 Å². The minimum atomic E-state index is -0.706. The van der Waals surface area contributed by atoms with Gasteiger partial charge >= 0.3 is 11.8 Å². The van der Waals surface area contributed by atoms with Crippen LogP contribution in [0.1, 0.15) is 85.9 Å². The molecular weight excluding hydrogens is 686 g/mol. The van der Waals surface area contributed by atoms with Crippen LogP contribution in [0.2, 0.25) is 0 Å². The second kappa shape index (κ2) is 17.0. The van der Waals surface area contributed by atoms with Crippen LogP contribution in [0.4, 0.5) is 10.6 Å². The van der Waals surface area contributed by atoms with Gasteiger partial charge in [0, 0.05) is 50.0 Å².